The number of nitrogens with zero attached hydrogens (tertiary/aromatic N) is 5. The number of rotatable bonds is 23. The van der Waals surface area contributed by atoms with Crippen LogP contribution in [0.3, 0.4) is 0 Å². The molecule has 3 atom stereocenters. The van der Waals surface area contributed by atoms with E-state index in [9.17, 15) is 48.9 Å². The molecule has 0 fully saturated rings. The van der Waals surface area contributed by atoms with Crippen molar-refractivity contribution in [3.63, 3.8) is 0 Å². The average molecular weight is 682 g/mol. The van der Waals surface area contributed by atoms with Crippen LogP contribution < -0.4 is 21.7 Å². The van der Waals surface area contributed by atoms with Gasteiger partial charge in [0.2, 0.25) is 5.91 Å². The topological polar surface area (TPSA) is 322 Å². The van der Waals surface area contributed by atoms with Gasteiger partial charge >= 0.3 is 35.9 Å². The van der Waals surface area contributed by atoms with Gasteiger partial charge in [-0.3, -0.25) is 24.1 Å². The number of nitrogens with one attached hydrogen (secondary N) is 3. The Kier molecular flexibility index (Phi) is 15.4. The molecule has 264 valence electrons. The molecule has 2 heterocycles. The first-order valence-electron chi connectivity index (χ1n) is 14.6. The predicted octanol–water partition coefficient (Wildman–Crippen LogP) is -2.06. The molecule has 48 heavy (non-hydrogen) atoms. The SMILES string of the molecule is N[C@@H](CN(Cc1nccn1CC(=O)O)Cc1nccn1CC(=O)O)C(=O)NCCCC[C@H](NC(=O)N[C@@H](CCC(=O)O)C(=O)O)C(=O)O. The van der Waals surface area contributed by atoms with E-state index in [1.54, 1.807) is 4.90 Å². The van der Waals surface area contributed by atoms with Crippen LogP contribution in [0.5, 0.6) is 0 Å². The largest absolute Gasteiger partial charge is 0.481 e. The molecule has 3 amide bonds. The molecule has 21 nitrogen and oxygen atoms in total. The molecule has 0 aromatic carbocycles. The van der Waals surface area contributed by atoms with Crippen molar-refractivity contribution in [1.29, 1.82) is 0 Å². The van der Waals surface area contributed by atoms with Crippen LogP contribution in [-0.2, 0) is 54.9 Å². The minimum absolute atomic E-state index is 0.0467. The Labute approximate surface area is 272 Å². The van der Waals surface area contributed by atoms with Crippen LogP contribution in [-0.4, -0.2) is 123 Å². The number of carbonyl (C=O) groups is 7. The van der Waals surface area contributed by atoms with Crippen LogP contribution in [0.1, 0.15) is 43.8 Å². The zero-order chi connectivity index (χ0) is 35.8. The van der Waals surface area contributed by atoms with Gasteiger partial charge in [0.1, 0.15) is 36.8 Å². The third kappa shape index (κ3) is 13.8. The maximum absolute atomic E-state index is 12.8. The van der Waals surface area contributed by atoms with Crippen molar-refractivity contribution < 1.29 is 59.1 Å². The highest BCUT2D eigenvalue weighted by Gasteiger charge is 2.25. The first-order chi connectivity index (χ1) is 22.7. The number of urea groups is 1. The van der Waals surface area contributed by atoms with E-state index in [2.05, 4.69) is 20.6 Å². The summed E-state index contributed by atoms with van der Waals surface area (Å²) in [7, 11) is 0. The Morgan fingerprint density at radius 3 is 1.71 bits per heavy atom. The Morgan fingerprint density at radius 2 is 1.25 bits per heavy atom. The van der Waals surface area contributed by atoms with E-state index in [-0.39, 0.29) is 58.5 Å². The Hall–Kier alpha value is -5.57. The zero-order valence-corrected chi connectivity index (χ0v) is 25.7. The highest BCUT2D eigenvalue weighted by atomic mass is 16.4. The lowest BCUT2D eigenvalue weighted by Gasteiger charge is -2.25. The lowest BCUT2D eigenvalue weighted by Crippen LogP contribution is -2.51. The highest BCUT2D eigenvalue weighted by molar-refractivity contribution is 5.86. The summed E-state index contributed by atoms with van der Waals surface area (Å²) in [5, 5.41) is 52.6. The van der Waals surface area contributed by atoms with E-state index in [1.165, 1.54) is 33.9 Å². The molecule has 0 aliphatic carbocycles. The highest BCUT2D eigenvalue weighted by Crippen LogP contribution is 2.10. The van der Waals surface area contributed by atoms with Gasteiger partial charge in [-0.1, -0.05) is 0 Å². The number of nitrogens with two attached hydrogens (primary N) is 1. The molecule has 2 aromatic heterocycles. The van der Waals surface area contributed by atoms with Crippen molar-refractivity contribution in [2.75, 3.05) is 13.1 Å². The van der Waals surface area contributed by atoms with E-state index in [0.717, 1.165) is 0 Å². The number of imidazole rings is 2. The van der Waals surface area contributed by atoms with Crippen molar-refractivity contribution >= 4 is 41.8 Å². The maximum Gasteiger partial charge on any atom is 0.326 e. The van der Waals surface area contributed by atoms with Crippen LogP contribution in [0.2, 0.25) is 0 Å². The van der Waals surface area contributed by atoms with Crippen LogP contribution in [0, 0.1) is 0 Å². The van der Waals surface area contributed by atoms with E-state index >= 15 is 0 Å². The number of carboxylic acid groups (broad SMARTS) is 5. The number of carbonyl (C=O) groups excluding carboxylic acids is 2. The molecule has 2 rings (SSSR count). The summed E-state index contributed by atoms with van der Waals surface area (Å²) in [5.41, 5.74) is 6.17. The predicted molar refractivity (Wildman–Crippen MR) is 160 cm³/mol. The third-order valence-electron chi connectivity index (χ3n) is 6.81. The van der Waals surface area contributed by atoms with Crippen molar-refractivity contribution in [3.05, 3.63) is 36.4 Å². The normalized spacial score (nSPS) is 12.9. The summed E-state index contributed by atoms with van der Waals surface area (Å²) >= 11 is 0. The quantitative estimate of drug-likeness (QED) is 0.0569. The summed E-state index contributed by atoms with van der Waals surface area (Å²) in [6.07, 6.45) is 5.29. The molecule has 0 aliphatic rings. The van der Waals surface area contributed by atoms with Gasteiger partial charge in [-0.2, -0.15) is 0 Å². The molecule has 0 spiro atoms. The first kappa shape index (κ1) is 38.6. The monoisotopic (exact) mass is 681 g/mol. The molecular formula is C27H39N9O12. The number of amides is 3. The fraction of sp³-hybridized carbons (Fsp3) is 0.519. The van der Waals surface area contributed by atoms with Gasteiger partial charge < -0.3 is 56.4 Å². The molecule has 0 unspecified atom stereocenters. The summed E-state index contributed by atoms with van der Waals surface area (Å²) < 4.78 is 2.80. The Bertz CT molecular complexity index is 1390. The molecule has 0 saturated heterocycles. The average Bonchev–Trinajstić information content (AvgIpc) is 3.61. The number of hydrogen-bond acceptors (Lipinski definition) is 11. The standard InChI is InChI=1S/C27H39N9O12/c28-16(11-34(12-19-29-7-9-35(19)14-22(39)40)13-20-30-8-10-36(20)15-23(41)42)24(43)31-6-2-1-3-17(25(44)45)32-27(48)33-18(26(46)47)4-5-21(37)38/h7-10,16-18H,1-6,11-15,28H2,(H,31,43)(H,37,38)(H,39,40)(H,41,42)(H,44,45)(H,46,47)(H2,32,33,48)/t16-,17-,18-/m0/s1. The lowest BCUT2D eigenvalue weighted by molar-refractivity contribution is -0.141. The summed E-state index contributed by atoms with van der Waals surface area (Å²) in [6, 6.07) is -5.13. The minimum atomic E-state index is -1.54. The van der Waals surface area contributed by atoms with Crippen LogP contribution in [0.25, 0.3) is 0 Å². The van der Waals surface area contributed by atoms with E-state index in [1.807, 2.05) is 5.32 Å². The summed E-state index contributed by atoms with van der Waals surface area (Å²) in [4.78, 5) is 91.1. The van der Waals surface area contributed by atoms with Crippen LogP contribution in [0.15, 0.2) is 24.8 Å². The smallest absolute Gasteiger partial charge is 0.326 e. The number of aromatic nitrogens is 4. The van der Waals surface area contributed by atoms with E-state index in [0.29, 0.717) is 11.6 Å². The molecule has 0 radical (unpaired) electrons. The molecule has 0 bridgehead atoms. The number of hydrogen-bond donors (Lipinski definition) is 9. The molecule has 0 saturated carbocycles. The second-order valence-corrected chi connectivity index (χ2v) is 10.6. The van der Waals surface area contributed by atoms with Gasteiger partial charge in [-0.25, -0.2) is 24.4 Å². The van der Waals surface area contributed by atoms with Gasteiger partial charge in [0.05, 0.1) is 19.1 Å². The van der Waals surface area contributed by atoms with Gasteiger partial charge in [0.25, 0.3) is 0 Å². The lowest BCUT2D eigenvalue weighted by atomic mass is 10.1. The fourth-order valence-corrected chi connectivity index (χ4v) is 4.47. The van der Waals surface area contributed by atoms with Crippen LogP contribution in [0.4, 0.5) is 4.79 Å². The maximum atomic E-state index is 12.8. The van der Waals surface area contributed by atoms with Crippen molar-refractivity contribution in [1.82, 2.24) is 40.0 Å². The second kappa shape index (κ2) is 19.2. The molecular weight excluding hydrogens is 642 g/mol. The van der Waals surface area contributed by atoms with Crippen molar-refractivity contribution in [2.45, 2.75) is 76.4 Å². The molecule has 21 heteroatoms. The van der Waals surface area contributed by atoms with E-state index < -0.39 is 72.8 Å². The van der Waals surface area contributed by atoms with Gasteiger partial charge in [0.15, 0.2) is 0 Å². The fourth-order valence-electron chi connectivity index (χ4n) is 4.47. The molecule has 0 aliphatic heterocycles. The minimum Gasteiger partial charge on any atom is -0.481 e. The Morgan fingerprint density at radius 1 is 0.750 bits per heavy atom. The van der Waals surface area contributed by atoms with Crippen LogP contribution >= 0.6 is 0 Å². The van der Waals surface area contributed by atoms with Gasteiger partial charge in [0, 0.05) is 44.3 Å². The summed E-state index contributed by atoms with van der Waals surface area (Å²) in [5.74, 6) is -6.17. The second-order valence-electron chi connectivity index (χ2n) is 10.6. The number of unbranched alkanes of at least 4 members (excludes halogenated alkanes) is 1. The zero-order valence-electron chi connectivity index (χ0n) is 25.7. The first-order valence-corrected chi connectivity index (χ1v) is 14.6. The van der Waals surface area contributed by atoms with Gasteiger partial charge in [-0.15, -0.1) is 0 Å². The van der Waals surface area contributed by atoms with E-state index in [4.69, 9.17) is 15.9 Å². The van der Waals surface area contributed by atoms with Gasteiger partial charge in [-0.05, 0) is 25.7 Å². The third-order valence-corrected chi connectivity index (χ3v) is 6.81. The summed E-state index contributed by atoms with van der Waals surface area (Å²) in [6.45, 7) is -0.594. The van der Waals surface area contributed by atoms with Crippen molar-refractivity contribution in [2.24, 2.45) is 5.73 Å². The Balaban J connectivity index is 1.93. The number of carboxylic acids is 5. The molecule has 2 aromatic rings. The molecule has 10 N–H and O–H groups in total. The van der Waals surface area contributed by atoms with Crippen molar-refractivity contribution in [3.8, 4) is 0 Å². The number of aliphatic carboxylic acids is 5.